The molecule has 16 heavy (non-hydrogen) atoms. The Morgan fingerprint density at radius 1 is 1.38 bits per heavy atom. The molecule has 0 aromatic rings. The van der Waals surface area contributed by atoms with Crippen molar-refractivity contribution in [2.75, 3.05) is 20.3 Å². The SMILES string of the molecule is CCC1CCC(=C(CCCN)COC)CC1. The van der Waals surface area contributed by atoms with Crippen LogP contribution in [-0.2, 0) is 4.74 Å². The Morgan fingerprint density at radius 3 is 2.56 bits per heavy atom. The largest absolute Gasteiger partial charge is 0.380 e. The van der Waals surface area contributed by atoms with Crippen LogP contribution in [0.2, 0.25) is 0 Å². The van der Waals surface area contributed by atoms with Gasteiger partial charge in [-0.3, -0.25) is 0 Å². The van der Waals surface area contributed by atoms with Crippen molar-refractivity contribution in [2.24, 2.45) is 11.7 Å². The fourth-order valence-corrected chi connectivity index (χ4v) is 2.63. The summed E-state index contributed by atoms with van der Waals surface area (Å²) in [6, 6.07) is 0. The molecule has 0 heterocycles. The summed E-state index contributed by atoms with van der Waals surface area (Å²) in [6.07, 6.45) is 8.92. The van der Waals surface area contributed by atoms with E-state index in [1.165, 1.54) is 37.7 Å². The van der Waals surface area contributed by atoms with E-state index in [2.05, 4.69) is 6.92 Å². The molecule has 1 rings (SSSR count). The minimum atomic E-state index is 0.790. The first-order chi connectivity index (χ1) is 7.81. The maximum Gasteiger partial charge on any atom is 0.0675 e. The molecule has 0 aliphatic heterocycles. The number of rotatable bonds is 6. The van der Waals surface area contributed by atoms with Gasteiger partial charge in [-0.2, -0.15) is 0 Å². The number of allylic oxidation sites excluding steroid dienone is 1. The van der Waals surface area contributed by atoms with Crippen molar-refractivity contribution in [3.63, 3.8) is 0 Å². The molecule has 1 saturated carbocycles. The molecule has 2 heteroatoms. The van der Waals surface area contributed by atoms with Gasteiger partial charge in [-0.05, 0) is 56.6 Å². The summed E-state index contributed by atoms with van der Waals surface area (Å²) in [5, 5.41) is 0. The second-order valence-corrected chi connectivity index (χ2v) is 4.88. The Bertz CT molecular complexity index is 213. The van der Waals surface area contributed by atoms with Gasteiger partial charge in [0.05, 0.1) is 6.61 Å². The lowest BCUT2D eigenvalue weighted by Gasteiger charge is -2.25. The van der Waals surface area contributed by atoms with Crippen molar-refractivity contribution in [3.05, 3.63) is 11.1 Å². The van der Waals surface area contributed by atoms with E-state index in [9.17, 15) is 0 Å². The number of hydrogen-bond donors (Lipinski definition) is 1. The number of nitrogens with two attached hydrogens (primary N) is 1. The van der Waals surface area contributed by atoms with Crippen molar-refractivity contribution in [1.82, 2.24) is 0 Å². The molecular formula is C14H27NO. The molecule has 0 aromatic heterocycles. The molecule has 2 N–H and O–H groups in total. The van der Waals surface area contributed by atoms with Gasteiger partial charge in [-0.25, -0.2) is 0 Å². The highest BCUT2D eigenvalue weighted by atomic mass is 16.5. The summed E-state index contributed by atoms with van der Waals surface area (Å²) in [5.41, 5.74) is 8.78. The van der Waals surface area contributed by atoms with Crippen LogP contribution in [-0.4, -0.2) is 20.3 Å². The first kappa shape index (κ1) is 13.7. The third-order valence-electron chi connectivity index (χ3n) is 3.79. The van der Waals surface area contributed by atoms with Gasteiger partial charge in [0.1, 0.15) is 0 Å². The summed E-state index contributed by atoms with van der Waals surface area (Å²) in [5.74, 6) is 0.960. The van der Waals surface area contributed by atoms with Crippen LogP contribution in [0.4, 0.5) is 0 Å². The second-order valence-electron chi connectivity index (χ2n) is 4.88. The van der Waals surface area contributed by atoms with Crippen LogP contribution in [0, 0.1) is 5.92 Å². The quantitative estimate of drug-likeness (QED) is 0.704. The van der Waals surface area contributed by atoms with Crippen LogP contribution >= 0.6 is 0 Å². The molecule has 0 aromatic carbocycles. The van der Waals surface area contributed by atoms with Gasteiger partial charge in [0.2, 0.25) is 0 Å². The third-order valence-corrected chi connectivity index (χ3v) is 3.79. The van der Waals surface area contributed by atoms with Gasteiger partial charge < -0.3 is 10.5 Å². The van der Waals surface area contributed by atoms with Crippen LogP contribution in [0.15, 0.2) is 11.1 Å². The molecule has 1 aliphatic carbocycles. The van der Waals surface area contributed by atoms with Gasteiger partial charge in [0.25, 0.3) is 0 Å². The first-order valence-corrected chi connectivity index (χ1v) is 6.70. The highest BCUT2D eigenvalue weighted by Gasteiger charge is 2.17. The van der Waals surface area contributed by atoms with Crippen LogP contribution in [0.3, 0.4) is 0 Å². The summed E-state index contributed by atoms with van der Waals surface area (Å²) >= 11 is 0. The van der Waals surface area contributed by atoms with Crippen LogP contribution in [0.1, 0.15) is 51.9 Å². The van der Waals surface area contributed by atoms with E-state index < -0.39 is 0 Å². The lowest BCUT2D eigenvalue weighted by atomic mass is 9.82. The summed E-state index contributed by atoms with van der Waals surface area (Å²) in [6.45, 7) is 3.91. The van der Waals surface area contributed by atoms with Gasteiger partial charge in [-0.1, -0.05) is 18.9 Å². The van der Waals surface area contributed by atoms with Crippen LogP contribution < -0.4 is 5.73 Å². The molecule has 0 amide bonds. The zero-order chi connectivity index (χ0) is 11.8. The summed E-state index contributed by atoms with van der Waals surface area (Å²) < 4.78 is 5.31. The summed E-state index contributed by atoms with van der Waals surface area (Å²) in [4.78, 5) is 0. The van der Waals surface area contributed by atoms with E-state index in [4.69, 9.17) is 10.5 Å². The molecule has 94 valence electrons. The molecule has 0 radical (unpaired) electrons. The predicted octanol–water partition coefficient (Wildman–Crippen LogP) is 3.27. The number of ether oxygens (including phenoxy) is 1. The van der Waals surface area contributed by atoms with Gasteiger partial charge in [0.15, 0.2) is 0 Å². The standard InChI is InChI=1S/C14H27NO/c1-3-12-6-8-13(9-7-12)14(11-16-2)5-4-10-15/h12H,3-11,15H2,1-2H3. The van der Waals surface area contributed by atoms with E-state index in [0.717, 1.165) is 31.9 Å². The van der Waals surface area contributed by atoms with Gasteiger partial charge in [0, 0.05) is 7.11 Å². The zero-order valence-electron chi connectivity index (χ0n) is 10.9. The van der Waals surface area contributed by atoms with Crippen molar-refractivity contribution in [2.45, 2.75) is 51.9 Å². The minimum absolute atomic E-state index is 0.790. The fraction of sp³-hybridized carbons (Fsp3) is 0.857. The topological polar surface area (TPSA) is 35.2 Å². The molecule has 1 aliphatic rings. The number of hydrogen-bond acceptors (Lipinski definition) is 2. The van der Waals surface area contributed by atoms with Crippen LogP contribution in [0.25, 0.3) is 0 Å². The smallest absolute Gasteiger partial charge is 0.0675 e. The van der Waals surface area contributed by atoms with Crippen molar-refractivity contribution in [1.29, 1.82) is 0 Å². The van der Waals surface area contributed by atoms with E-state index in [1.54, 1.807) is 12.7 Å². The lowest BCUT2D eigenvalue weighted by Crippen LogP contribution is -2.11. The van der Waals surface area contributed by atoms with Gasteiger partial charge in [-0.15, -0.1) is 0 Å². The molecule has 0 atom stereocenters. The molecule has 0 spiro atoms. The Kier molecular flexibility index (Phi) is 6.74. The first-order valence-electron chi connectivity index (χ1n) is 6.70. The van der Waals surface area contributed by atoms with E-state index >= 15 is 0 Å². The average molecular weight is 225 g/mol. The molecule has 1 fully saturated rings. The van der Waals surface area contributed by atoms with Crippen molar-refractivity contribution < 1.29 is 4.74 Å². The molecule has 0 bridgehead atoms. The van der Waals surface area contributed by atoms with Crippen molar-refractivity contribution >= 4 is 0 Å². The van der Waals surface area contributed by atoms with Crippen LogP contribution in [0.5, 0.6) is 0 Å². The zero-order valence-corrected chi connectivity index (χ0v) is 10.9. The maximum absolute atomic E-state index is 5.58. The molecule has 2 nitrogen and oxygen atoms in total. The monoisotopic (exact) mass is 225 g/mol. The molecular weight excluding hydrogens is 198 g/mol. The highest BCUT2D eigenvalue weighted by Crippen LogP contribution is 2.32. The normalized spacial score (nSPS) is 21.2. The minimum Gasteiger partial charge on any atom is -0.380 e. The van der Waals surface area contributed by atoms with E-state index in [1.807, 2.05) is 0 Å². The summed E-state index contributed by atoms with van der Waals surface area (Å²) in [7, 11) is 1.79. The predicted molar refractivity (Wildman–Crippen MR) is 69.4 cm³/mol. The fourth-order valence-electron chi connectivity index (χ4n) is 2.63. The van der Waals surface area contributed by atoms with Gasteiger partial charge >= 0.3 is 0 Å². The highest BCUT2D eigenvalue weighted by molar-refractivity contribution is 5.17. The Hall–Kier alpha value is -0.340. The average Bonchev–Trinajstić information content (AvgIpc) is 2.35. The van der Waals surface area contributed by atoms with E-state index in [-0.39, 0.29) is 0 Å². The molecule has 0 saturated heterocycles. The molecule has 0 unspecified atom stereocenters. The maximum atomic E-state index is 5.58. The lowest BCUT2D eigenvalue weighted by molar-refractivity contribution is 0.220. The van der Waals surface area contributed by atoms with Crippen molar-refractivity contribution in [3.8, 4) is 0 Å². The third kappa shape index (κ3) is 4.26. The Labute approximate surface area is 100 Å². The Morgan fingerprint density at radius 2 is 2.06 bits per heavy atom. The number of methoxy groups -OCH3 is 1. The second kappa shape index (κ2) is 7.86. The Balaban J connectivity index is 2.52. The van der Waals surface area contributed by atoms with E-state index in [0.29, 0.717) is 0 Å².